The van der Waals surface area contributed by atoms with Crippen LogP contribution in [0.5, 0.6) is 0 Å². The van der Waals surface area contributed by atoms with Gasteiger partial charge in [0, 0.05) is 23.3 Å². The van der Waals surface area contributed by atoms with Crippen LogP contribution in [-0.4, -0.2) is 24.9 Å². The van der Waals surface area contributed by atoms with E-state index in [4.69, 9.17) is 4.42 Å². The number of carbonyl (C=O) groups is 2. The van der Waals surface area contributed by atoms with Crippen molar-refractivity contribution in [1.82, 2.24) is 10.6 Å². The van der Waals surface area contributed by atoms with Crippen molar-refractivity contribution in [3.63, 3.8) is 0 Å². The summed E-state index contributed by atoms with van der Waals surface area (Å²) in [6.07, 6.45) is 4.66. The lowest BCUT2D eigenvalue weighted by Gasteiger charge is -2.18. The van der Waals surface area contributed by atoms with Crippen molar-refractivity contribution in [3.8, 4) is 0 Å². The van der Waals surface area contributed by atoms with E-state index in [0.29, 0.717) is 19.0 Å². The van der Waals surface area contributed by atoms with Crippen LogP contribution in [0.15, 0.2) is 28.2 Å². The molecule has 2 heterocycles. The fraction of sp³-hybridized carbons (Fsp3) is 0.412. The summed E-state index contributed by atoms with van der Waals surface area (Å²) in [6.45, 7) is 3.02. The largest absolute Gasteiger partial charge is 0.459 e. The molecule has 0 saturated carbocycles. The lowest BCUT2D eigenvalue weighted by atomic mass is 9.88. The highest BCUT2D eigenvalue weighted by molar-refractivity contribution is 7.10. The van der Waals surface area contributed by atoms with E-state index in [0.717, 1.165) is 24.8 Å². The maximum Gasteiger partial charge on any atom is 0.287 e. The fourth-order valence-electron chi connectivity index (χ4n) is 2.81. The van der Waals surface area contributed by atoms with Crippen molar-refractivity contribution >= 4 is 23.2 Å². The summed E-state index contributed by atoms with van der Waals surface area (Å²) < 4.78 is 5.01. The van der Waals surface area contributed by atoms with E-state index in [9.17, 15) is 9.59 Å². The zero-order valence-electron chi connectivity index (χ0n) is 13.1. The van der Waals surface area contributed by atoms with Crippen LogP contribution < -0.4 is 10.6 Å². The zero-order chi connectivity index (χ0) is 16.2. The van der Waals surface area contributed by atoms with Gasteiger partial charge in [0.2, 0.25) is 0 Å². The molecule has 0 fully saturated rings. The minimum Gasteiger partial charge on any atom is -0.459 e. The second-order valence-electron chi connectivity index (χ2n) is 5.89. The standard InChI is InChI=1S/C17H20N2O3S/c1-11-4-5-12-13(10-23-15(12)9-11)16(20)18-6-7-19-17(21)14-3-2-8-22-14/h2-3,8,10-11H,4-7,9H2,1H3,(H,18,20)(H,19,21). The third-order valence-corrected chi connectivity index (χ3v) is 5.14. The number of amides is 2. The summed E-state index contributed by atoms with van der Waals surface area (Å²) in [4.78, 5) is 25.3. The Labute approximate surface area is 139 Å². The number of hydrogen-bond acceptors (Lipinski definition) is 4. The van der Waals surface area contributed by atoms with E-state index in [2.05, 4.69) is 17.6 Å². The molecule has 1 unspecified atom stereocenters. The Morgan fingerprint density at radius 3 is 2.83 bits per heavy atom. The summed E-state index contributed by atoms with van der Waals surface area (Å²) in [5, 5.41) is 7.54. The SMILES string of the molecule is CC1CCc2c(C(=O)NCCNC(=O)c3ccco3)csc2C1. The molecule has 0 aliphatic heterocycles. The van der Waals surface area contributed by atoms with Gasteiger partial charge in [-0.05, 0) is 42.9 Å². The maximum absolute atomic E-state index is 12.3. The summed E-state index contributed by atoms with van der Waals surface area (Å²) in [6, 6.07) is 3.27. The van der Waals surface area contributed by atoms with Crippen molar-refractivity contribution < 1.29 is 14.0 Å². The third kappa shape index (κ3) is 3.64. The molecule has 0 saturated heterocycles. The molecule has 3 rings (SSSR count). The van der Waals surface area contributed by atoms with Gasteiger partial charge < -0.3 is 15.1 Å². The Morgan fingerprint density at radius 2 is 2.09 bits per heavy atom. The van der Waals surface area contributed by atoms with Crippen LogP contribution in [0.1, 0.15) is 44.7 Å². The first kappa shape index (κ1) is 15.8. The van der Waals surface area contributed by atoms with Crippen LogP contribution in [0, 0.1) is 5.92 Å². The molecule has 2 N–H and O–H groups in total. The smallest absolute Gasteiger partial charge is 0.287 e. The molecule has 23 heavy (non-hydrogen) atoms. The highest BCUT2D eigenvalue weighted by Gasteiger charge is 2.22. The van der Waals surface area contributed by atoms with Gasteiger partial charge in [-0.25, -0.2) is 0 Å². The lowest BCUT2D eigenvalue weighted by Crippen LogP contribution is -2.34. The quantitative estimate of drug-likeness (QED) is 0.827. The number of nitrogens with one attached hydrogen (secondary N) is 2. The molecule has 0 spiro atoms. The predicted octanol–water partition coefficient (Wildman–Crippen LogP) is 2.63. The highest BCUT2D eigenvalue weighted by atomic mass is 32.1. The van der Waals surface area contributed by atoms with Gasteiger partial charge >= 0.3 is 0 Å². The van der Waals surface area contributed by atoms with E-state index in [1.165, 1.54) is 16.7 Å². The van der Waals surface area contributed by atoms with E-state index in [1.807, 2.05) is 5.38 Å². The molecule has 1 aliphatic carbocycles. The average molecular weight is 332 g/mol. The Kier molecular flexibility index (Phi) is 4.81. The minimum absolute atomic E-state index is 0.0516. The second kappa shape index (κ2) is 7.00. The molecule has 122 valence electrons. The van der Waals surface area contributed by atoms with E-state index in [-0.39, 0.29) is 17.6 Å². The van der Waals surface area contributed by atoms with Crippen molar-refractivity contribution in [1.29, 1.82) is 0 Å². The Morgan fingerprint density at radius 1 is 1.30 bits per heavy atom. The minimum atomic E-state index is -0.272. The Hall–Kier alpha value is -2.08. The summed E-state index contributed by atoms with van der Waals surface area (Å²) in [5.74, 6) is 0.654. The van der Waals surface area contributed by atoms with E-state index in [1.54, 1.807) is 23.5 Å². The summed E-state index contributed by atoms with van der Waals surface area (Å²) in [5.41, 5.74) is 2.01. The van der Waals surface area contributed by atoms with Gasteiger partial charge in [0.1, 0.15) is 0 Å². The van der Waals surface area contributed by atoms with Gasteiger partial charge in [0.05, 0.1) is 11.8 Å². The molecular weight excluding hydrogens is 312 g/mol. The molecule has 2 amide bonds. The first-order valence-corrected chi connectivity index (χ1v) is 8.72. The Balaban J connectivity index is 1.48. The summed E-state index contributed by atoms with van der Waals surface area (Å²) >= 11 is 1.68. The Bertz CT molecular complexity index is 691. The fourth-order valence-corrected chi connectivity index (χ4v) is 4.05. The van der Waals surface area contributed by atoms with E-state index >= 15 is 0 Å². The van der Waals surface area contributed by atoms with Crippen LogP contribution in [0.3, 0.4) is 0 Å². The maximum atomic E-state index is 12.3. The van der Waals surface area contributed by atoms with Crippen LogP contribution in [0.25, 0.3) is 0 Å². The molecule has 1 atom stereocenters. The molecule has 2 aromatic rings. The summed E-state index contributed by atoms with van der Waals surface area (Å²) in [7, 11) is 0. The number of hydrogen-bond donors (Lipinski definition) is 2. The van der Waals surface area contributed by atoms with Crippen molar-refractivity contribution in [2.75, 3.05) is 13.1 Å². The number of rotatable bonds is 5. The van der Waals surface area contributed by atoms with Crippen LogP contribution in [-0.2, 0) is 12.8 Å². The van der Waals surface area contributed by atoms with Crippen molar-refractivity contribution in [2.45, 2.75) is 26.2 Å². The van der Waals surface area contributed by atoms with Gasteiger partial charge in [-0.15, -0.1) is 11.3 Å². The van der Waals surface area contributed by atoms with Gasteiger partial charge in [-0.1, -0.05) is 6.92 Å². The van der Waals surface area contributed by atoms with Gasteiger partial charge in [0.15, 0.2) is 5.76 Å². The van der Waals surface area contributed by atoms with Crippen LogP contribution >= 0.6 is 11.3 Å². The molecule has 5 nitrogen and oxygen atoms in total. The van der Waals surface area contributed by atoms with E-state index < -0.39 is 0 Å². The zero-order valence-corrected chi connectivity index (χ0v) is 13.9. The molecule has 0 aromatic carbocycles. The van der Waals surface area contributed by atoms with Crippen LogP contribution in [0.2, 0.25) is 0 Å². The normalized spacial score (nSPS) is 16.7. The van der Waals surface area contributed by atoms with Gasteiger partial charge in [-0.3, -0.25) is 9.59 Å². The van der Waals surface area contributed by atoms with Crippen molar-refractivity contribution in [3.05, 3.63) is 45.5 Å². The first-order chi connectivity index (χ1) is 11.1. The lowest BCUT2D eigenvalue weighted by molar-refractivity contribution is 0.0910. The predicted molar refractivity (Wildman–Crippen MR) is 88.9 cm³/mol. The topological polar surface area (TPSA) is 71.3 Å². The molecule has 0 radical (unpaired) electrons. The number of furan rings is 1. The van der Waals surface area contributed by atoms with Gasteiger partial charge in [-0.2, -0.15) is 0 Å². The molecular formula is C17H20N2O3S. The third-order valence-electron chi connectivity index (χ3n) is 4.09. The van der Waals surface area contributed by atoms with Gasteiger partial charge in [0.25, 0.3) is 11.8 Å². The number of thiophene rings is 1. The second-order valence-corrected chi connectivity index (χ2v) is 6.85. The molecule has 2 aromatic heterocycles. The molecule has 0 bridgehead atoms. The van der Waals surface area contributed by atoms with Crippen molar-refractivity contribution in [2.24, 2.45) is 5.92 Å². The highest BCUT2D eigenvalue weighted by Crippen LogP contribution is 2.32. The monoisotopic (exact) mass is 332 g/mol. The number of carbonyl (C=O) groups excluding carboxylic acids is 2. The average Bonchev–Trinajstić information content (AvgIpc) is 3.19. The van der Waals surface area contributed by atoms with Crippen LogP contribution in [0.4, 0.5) is 0 Å². The molecule has 6 heteroatoms. The molecule has 1 aliphatic rings. The first-order valence-electron chi connectivity index (χ1n) is 7.84. The number of fused-ring (bicyclic) bond motifs is 1.